The van der Waals surface area contributed by atoms with E-state index in [9.17, 15) is 10.1 Å². The van der Waals surface area contributed by atoms with E-state index in [2.05, 4.69) is 16.1 Å². The van der Waals surface area contributed by atoms with Crippen LogP contribution in [0.3, 0.4) is 0 Å². The molecular weight excluding hydrogens is 440 g/mol. The Morgan fingerprint density at radius 2 is 1.66 bits per heavy atom. The van der Waals surface area contributed by atoms with Gasteiger partial charge in [0.2, 0.25) is 0 Å². The summed E-state index contributed by atoms with van der Waals surface area (Å²) in [7, 11) is 0. The number of aromatic nitrogens is 1. The predicted octanol–water partition coefficient (Wildman–Crippen LogP) is 3.86. The van der Waals surface area contributed by atoms with Crippen LogP contribution >= 0.6 is 11.6 Å². The van der Waals surface area contributed by atoms with Crippen molar-refractivity contribution in [3.8, 4) is 17.5 Å². The van der Waals surface area contributed by atoms with E-state index in [1.54, 1.807) is 30.3 Å². The first-order chi connectivity index (χ1) is 15.7. The topological polar surface area (TPSA) is 82.6 Å². The van der Waals surface area contributed by atoms with Gasteiger partial charge in [-0.05, 0) is 35.3 Å². The predicted molar refractivity (Wildman–Crippen MR) is 124 cm³/mol. The zero-order valence-electron chi connectivity index (χ0n) is 16.7. The molecule has 0 atom stereocenters. The maximum absolute atomic E-state index is 12.4. The van der Waals surface area contributed by atoms with Crippen LogP contribution in [-0.4, -0.2) is 11.1 Å². The van der Waals surface area contributed by atoms with Gasteiger partial charge in [-0.3, -0.25) is 4.79 Å². The van der Waals surface area contributed by atoms with Gasteiger partial charge in [-0.2, -0.15) is 14.8 Å². The molecular formula is C24H16N4O2S2. The van der Waals surface area contributed by atoms with Gasteiger partial charge in [0.25, 0.3) is 5.91 Å². The number of nitrogens with zero attached hydrogens (tertiary/aromatic N) is 4. The molecule has 0 saturated carbocycles. The molecule has 1 aromatic heterocycles. The van der Waals surface area contributed by atoms with Crippen LogP contribution in [0.25, 0.3) is 11.5 Å². The number of hydrogen-bond acceptors (Lipinski definition) is 5. The van der Waals surface area contributed by atoms with E-state index in [1.807, 2.05) is 59.2 Å². The Balaban J connectivity index is 1.78. The second-order valence-corrected chi connectivity index (χ2v) is 7.72. The van der Waals surface area contributed by atoms with Crippen molar-refractivity contribution in [3.63, 3.8) is 0 Å². The molecule has 0 spiro atoms. The van der Waals surface area contributed by atoms with Crippen LogP contribution in [0.2, 0.25) is 0 Å². The summed E-state index contributed by atoms with van der Waals surface area (Å²) in [6.45, 7) is 0.342. The van der Waals surface area contributed by atoms with E-state index in [4.69, 9.17) is 16.5 Å². The fourth-order valence-corrected chi connectivity index (χ4v) is 3.96. The summed E-state index contributed by atoms with van der Waals surface area (Å²) in [5.41, 5.74) is 2.65. The Kier molecular flexibility index (Phi) is 6.60. The highest BCUT2D eigenvalue weighted by molar-refractivity contribution is 7.77. The second-order valence-electron chi connectivity index (χ2n) is 6.65. The first-order valence-corrected chi connectivity index (χ1v) is 10.8. The van der Waals surface area contributed by atoms with Gasteiger partial charge in [-0.1, -0.05) is 54.6 Å². The lowest BCUT2D eigenvalue weighted by atomic mass is 10.1. The number of hydrogen-bond donors (Lipinski definition) is 0. The third-order valence-corrected chi connectivity index (χ3v) is 5.45. The zero-order valence-corrected chi connectivity index (χ0v) is 18.3. The van der Waals surface area contributed by atoms with Gasteiger partial charge in [0.1, 0.15) is 23.3 Å². The summed E-state index contributed by atoms with van der Waals surface area (Å²) in [5, 5.41) is 9.38. The van der Waals surface area contributed by atoms with Crippen LogP contribution in [0.1, 0.15) is 21.5 Å². The molecule has 0 bridgehead atoms. The average Bonchev–Trinajstić information content (AvgIpc) is 3.22. The number of carbonyl (C=O) groups excluding carboxylic acids is 1. The smallest absolute Gasteiger partial charge is 0.419 e. The Labute approximate surface area is 194 Å². The number of rotatable bonds is 4. The highest BCUT2D eigenvalue weighted by Gasteiger charge is 2.21. The molecule has 6 nitrogen and oxygen atoms in total. The van der Waals surface area contributed by atoms with Crippen molar-refractivity contribution in [2.75, 3.05) is 0 Å². The molecule has 4 rings (SSSR count). The molecule has 1 heterocycles. The maximum Gasteiger partial charge on any atom is 0.419 e. The fraction of sp³-hybridized carbons (Fsp3) is 0.0417. The minimum absolute atomic E-state index is 0.0992. The number of amides is 1. The van der Waals surface area contributed by atoms with Crippen LogP contribution in [0.5, 0.6) is 0 Å². The quantitative estimate of drug-likeness (QED) is 0.202. The van der Waals surface area contributed by atoms with Crippen LogP contribution < -0.4 is 9.37 Å². The Hall–Kier alpha value is -3.93. The van der Waals surface area contributed by atoms with Gasteiger partial charge in [-0.25, -0.2) is 0 Å². The highest BCUT2D eigenvalue weighted by atomic mass is 32.1. The van der Waals surface area contributed by atoms with Crippen molar-refractivity contribution in [2.24, 2.45) is 9.98 Å². The van der Waals surface area contributed by atoms with E-state index in [0.29, 0.717) is 28.4 Å². The monoisotopic (exact) mass is 456 g/mol. The minimum atomic E-state index is -0.461. The lowest BCUT2D eigenvalue weighted by molar-refractivity contribution is -0.693. The summed E-state index contributed by atoms with van der Waals surface area (Å²) in [6.07, 6.45) is 0. The molecule has 156 valence electrons. The Bertz CT molecular complexity index is 1380. The molecule has 0 fully saturated rings. The largest absolute Gasteiger partial charge is 0.712 e. The Morgan fingerprint density at radius 1 is 1.00 bits per heavy atom. The summed E-state index contributed by atoms with van der Waals surface area (Å²) >= 11 is 6.29. The van der Waals surface area contributed by atoms with E-state index >= 15 is 0 Å². The minimum Gasteiger partial charge on any atom is -0.712 e. The van der Waals surface area contributed by atoms with Crippen molar-refractivity contribution in [1.29, 1.82) is 5.26 Å². The number of nitriles is 1. The van der Waals surface area contributed by atoms with Crippen molar-refractivity contribution in [2.45, 2.75) is 6.54 Å². The van der Waals surface area contributed by atoms with Crippen LogP contribution in [0.4, 0.5) is 0 Å². The summed E-state index contributed by atoms with van der Waals surface area (Å²) in [4.78, 5) is 21.1. The van der Waals surface area contributed by atoms with Gasteiger partial charge < -0.3 is 16.5 Å². The first kappa shape index (κ1) is 21.3. The van der Waals surface area contributed by atoms with Crippen molar-refractivity contribution in [1.82, 2.24) is 0 Å². The Morgan fingerprint density at radius 3 is 2.38 bits per heavy atom. The number of carbonyl (C=O) groups is 1. The molecule has 0 aliphatic heterocycles. The summed E-state index contributed by atoms with van der Waals surface area (Å²) in [6, 6.07) is 27.8. The van der Waals surface area contributed by atoms with Crippen molar-refractivity contribution in [3.05, 3.63) is 106 Å². The molecule has 8 heteroatoms. The van der Waals surface area contributed by atoms with E-state index in [0.717, 1.165) is 22.8 Å². The normalized spacial score (nSPS) is 11.8. The lowest BCUT2D eigenvalue weighted by Crippen LogP contribution is -2.49. The fourth-order valence-electron chi connectivity index (χ4n) is 3.03. The van der Waals surface area contributed by atoms with E-state index in [1.165, 1.54) is 0 Å². The zero-order chi connectivity index (χ0) is 22.3. The molecule has 1 amide bonds. The van der Waals surface area contributed by atoms with Crippen molar-refractivity contribution < 1.29 is 13.2 Å². The van der Waals surface area contributed by atoms with Gasteiger partial charge in [0, 0.05) is 11.1 Å². The molecule has 0 unspecified atom stereocenters. The number of aliphatic imine (C=N–C) groups is 1. The molecule has 3 aromatic carbocycles. The van der Waals surface area contributed by atoms with Crippen LogP contribution in [-0.2, 0) is 19.2 Å². The lowest BCUT2D eigenvalue weighted by Gasteiger charge is -2.03. The van der Waals surface area contributed by atoms with Gasteiger partial charge in [0.15, 0.2) is 0 Å². The summed E-state index contributed by atoms with van der Waals surface area (Å²) < 4.78 is 7.68. The third-order valence-electron chi connectivity index (χ3n) is 4.57. The molecule has 0 saturated heterocycles. The standard InChI is InChI=1S/C24H16N4O2S2/c25-15-19-13-7-8-14-20(19)16-28-22(18-11-5-2-6-12-18)30-32-24(28)27-23(31)26-21(29)17-9-3-1-4-10-17/h1-14H,16H2/b27-24-. The SMILES string of the molecule is N#Cc1ccccc1C[n+]1c(-c2ccccc2)os/c1=N\C([S-])=NC(=O)c1ccccc1. The van der Waals surface area contributed by atoms with E-state index in [-0.39, 0.29) is 5.17 Å². The first-order valence-electron chi connectivity index (χ1n) is 9.62. The van der Waals surface area contributed by atoms with Gasteiger partial charge in [0.05, 0.1) is 17.2 Å². The summed E-state index contributed by atoms with van der Waals surface area (Å²) in [5.74, 6) is 0.108. The molecule has 0 radical (unpaired) electrons. The molecule has 0 aliphatic rings. The molecule has 0 aliphatic carbocycles. The third kappa shape index (κ3) is 4.86. The molecule has 0 N–H and O–H groups in total. The number of amidine groups is 1. The van der Waals surface area contributed by atoms with Gasteiger partial charge >= 0.3 is 10.7 Å². The maximum atomic E-state index is 12.4. The van der Waals surface area contributed by atoms with Gasteiger partial charge in [-0.15, -0.1) is 0 Å². The highest BCUT2D eigenvalue weighted by Crippen LogP contribution is 2.16. The van der Waals surface area contributed by atoms with E-state index < -0.39 is 5.91 Å². The number of benzene rings is 3. The molecule has 4 aromatic rings. The molecule has 32 heavy (non-hydrogen) atoms. The van der Waals surface area contributed by atoms with Crippen molar-refractivity contribution >= 4 is 35.3 Å². The van der Waals surface area contributed by atoms with Crippen LogP contribution in [0, 0.1) is 11.3 Å². The average molecular weight is 457 g/mol. The second kappa shape index (κ2) is 9.92. The van der Waals surface area contributed by atoms with Crippen LogP contribution in [0.15, 0.2) is 98.8 Å².